The molecule has 12 heteroatoms. The molecule has 0 aromatic rings. The number of aliphatic carboxylic acids is 1. The van der Waals surface area contributed by atoms with Gasteiger partial charge in [-0.05, 0) is 37.1 Å². The lowest BCUT2D eigenvalue weighted by molar-refractivity contribution is -0.137. The Morgan fingerprint density at radius 1 is 0.591 bits per heavy atom. The molecule has 0 aliphatic rings. The number of carboxylic acid groups (broad SMARTS) is 1. The number of halogens is 1. The summed E-state index contributed by atoms with van der Waals surface area (Å²) in [7, 11) is 0. The number of carbonyl (C=O) groups is 4. The molecular weight excluding hydrogens is 573 g/mol. The summed E-state index contributed by atoms with van der Waals surface area (Å²) in [5.41, 5.74) is 0. The van der Waals surface area contributed by atoms with E-state index < -0.39 is 5.97 Å². The number of carboxylic acids is 1. The van der Waals surface area contributed by atoms with Crippen molar-refractivity contribution in [2.75, 3.05) is 46.1 Å². The van der Waals surface area contributed by atoms with Gasteiger partial charge in [0.1, 0.15) is 6.61 Å². The molecule has 44 heavy (non-hydrogen) atoms. The van der Waals surface area contributed by atoms with Gasteiger partial charge in [0.15, 0.2) is 0 Å². The fourth-order valence-electron chi connectivity index (χ4n) is 4.59. The topological polar surface area (TPSA) is 152 Å². The minimum absolute atomic E-state index is 0.0429. The highest BCUT2D eigenvalue weighted by Crippen LogP contribution is 2.13. The molecule has 0 saturated heterocycles. The number of hydrogen-bond donors (Lipinski definition) is 4. The lowest BCUT2D eigenvalue weighted by Gasteiger charge is -2.12. The van der Waals surface area contributed by atoms with Gasteiger partial charge in [0.05, 0.1) is 26.4 Å². The van der Waals surface area contributed by atoms with Crippen molar-refractivity contribution in [2.24, 2.45) is 0 Å². The Morgan fingerprint density at radius 3 is 1.61 bits per heavy atom. The van der Waals surface area contributed by atoms with Crippen LogP contribution in [0.25, 0.3) is 0 Å². The largest absolute Gasteiger partial charge is 0.481 e. The third-order valence-electron chi connectivity index (χ3n) is 7.16. The monoisotopic (exact) mass is 633 g/mol. The van der Waals surface area contributed by atoms with Crippen LogP contribution in [0.3, 0.4) is 0 Å². The molecule has 0 fully saturated rings. The third kappa shape index (κ3) is 32.6. The molecule has 0 aliphatic carbocycles. The molecule has 1 unspecified atom stereocenters. The van der Waals surface area contributed by atoms with E-state index in [0.29, 0.717) is 58.4 Å². The smallest absolute Gasteiger partial charge is 0.303 e. The summed E-state index contributed by atoms with van der Waals surface area (Å²) in [5, 5.41) is 16.9. The Kier molecular flexibility index (Phi) is 30.4. The van der Waals surface area contributed by atoms with E-state index in [1.807, 2.05) is 0 Å². The molecule has 0 rings (SSSR count). The number of carbonyl (C=O) groups excluding carboxylic acids is 3. The molecule has 1 atom stereocenters. The lowest BCUT2D eigenvalue weighted by atomic mass is 10.0. The Hall–Kier alpha value is -2.31. The summed E-state index contributed by atoms with van der Waals surface area (Å²) in [6.45, 7) is 3.29. The van der Waals surface area contributed by atoms with Crippen molar-refractivity contribution in [2.45, 2.75) is 135 Å². The SMILES string of the molecule is CC(CCOF)NC(=O)COCCOCCNC(=O)CCCNC(=O)CCCCCCCCCCCCCCCCC(=O)O. The number of ether oxygens (including phenoxy) is 2. The van der Waals surface area contributed by atoms with Gasteiger partial charge in [0, 0.05) is 38.4 Å². The highest BCUT2D eigenvalue weighted by Gasteiger charge is 2.08. The molecule has 0 heterocycles. The fourth-order valence-corrected chi connectivity index (χ4v) is 4.59. The Labute approximate surface area is 264 Å². The molecule has 0 saturated carbocycles. The minimum atomic E-state index is -0.693. The van der Waals surface area contributed by atoms with Crippen LogP contribution < -0.4 is 16.0 Å². The van der Waals surface area contributed by atoms with Crippen LogP contribution in [-0.2, 0) is 33.6 Å². The maximum Gasteiger partial charge on any atom is 0.303 e. The predicted octanol–water partition coefficient (Wildman–Crippen LogP) is 5.15. The predicted molar refractivity (Wildman–Crippen MR) is 168 cm³/mol. The van der Waals surface area contributed by atoms with Gasteiger partial charge < -0.3 is 30.5 Å². The number of rotatable bonds is 33. The first kappa shape index (κ1) is 41.7. The Bertz CT molecular complexity index is 730. The van der Waals surface area contributed by atoms with E-state index in [4.69, 9.17) is 14.6 Å². The van der Waals surface area contributed by atoms with E-state index in [-0.39, 0.29) is 43.6 Å². The molecule has 0 bridgehead atoms. The Balaban J connectivity index is 3.36. The van der Waals surface area contributed by atoms with Crippen LogP contribution in [0.15, 0.2) is 0 Å². The summed E-state index contributed by atoms with van der Waals surface area (Å²) in [6, 6.07) is -0.206. The normalized spacial score (nSPS) is 11.7. The number of amides is 3. The molecule has 11 nitrogen and oxygen atoms in total. The molecule has 258 valence electrons. The zero-order valence-electron chi connectivity index (χ0n) is 27.1. The van der Waals surface area contributed by atoms with Crippen LogP contribution in [0.1, 0.15) is 129 Å². The van der Waals surface area contributed by atoms with E-state index in [2.05, 4.69) is 20.9 Å². The molecule has 4 N–H and O–H groups in total. The maximum atomic E-state index is 12.0. The van der Waals surface area contributed by atoms with Gasteiger partial charge >= 0.3 is 5.97 Å². The lowest BCUT2D eigenvalue weighted by Crippen LogP contribution is -2.36. The van der Waals surface area contributed by atoms with Crippen LogP contribution in [0.2, 0.25) is 0 Å². The first-order valence-electron chi connectivity index (χ1n) is 16.8. The number of hydrogen-bond acceptors (Lipinski definition) is 7. The zero-order chi connectivity index (χ0) is 32.5. The second-order valence-corrected chi connectivity index (χ2v) is 11.4. The third-order valence-corrected chi connectivity index (χ3v) is 7.16. The second kappa shape index (κ2) is 32.1. The van der Waals surface area contributed by atoms with Gasteiger partial charge in [0.25, 0.3) is 0 Å². The minimum Gasteiger partial charge on any atom is -0.481 e. The van der Waals surface area contributed by atoms with Crippen LogP contribution in [0.4, 0.5) is 4.53 Å². The van der Waals surface area contributed by atoms with Gasteiger partial charge in [-0.2, -0.15) is 4.94 Å². The average molecular weight is 634 g/mol. The first-order chi connectivity index (χ1) is 21.3. The van der Waals surface area contributed by atoms with Gasteiger partial charge in [0.2, 0.25) is 17.7 Å². The van der Waals surface area contributed by atoms with Crippen LogP contribution in [0, 0.1) is 0 Å². The van der Waals surface area contributed by atoms with Gasteiger partial charge in [-0.1, -0.05) is 77.0 Å². The Morgan fingerprint density at radius 2 is 1.07 bits per heavy atom. The standard InChI is InChI=1S/C32H60FN3O8/c1-28(20-23-44-33)36-31(39)27-43-26-25-42-24-22-35-30(38)18-16-21-34-29(37)17-14-12-10-8-6-4-2-3-5-7-9-11-13-15-19-32(40)41/h28H,2-27H2,1H3,(H,34,37)(H,35,38)(H,36,39)(H,40,41). The molecule has 0 spiro atoms. The molecule has 0 aromatic carbocycles. The molecule has 0 aromatic heterocycles. The van der Waals surface area contributed by atoms with E-state index in [1.165, 1.54) is 51.4 Å². The van der Waals surface area contributed by atoms with Crippen molar-refractivity contribution >= 4 is 23.7 Å². The molecule has 0 radical (unpaired) electrons. The molecule has 0 aliphatic heterocycles. The molecular formula is C32H60FN3O8. The van der Waals surface area contributed by atoms with Crippen molar-refractivity contribution in [3.63, 3.8) is 0 Å². The van der Waals surface area contributed by atoms with E-state index >= 15 is 0 Å². The van der Waals surface area contributed by atoms with E-state index in [0.717, 1.165) is 38.5 Å². The summed E-state index contributed by atoms with van der Waals surface area (Å²) < 4.78 is 22.2. The summed E-state index contributed by atoms with van der Waals surface area (Å²) >= 11 is 0. The van der Waals surface area contributed by atoms with Crippen molar-refractivity contribution < 1.29 is 43.2 Å². The summed E-state index contributed by atoms with van der Waals surface area (Å²) in [6.07, 6.45) is 18.3. The van der Waals surface area contributed by atoms with Crippen LogP contribution >= 0.6 is 0 Å². The van der Waals surface area contributed by atoms with Gasteiger partial charge in [-0.15, -0.1) is 0 Å². The van der Waals surface area contributed by atoms with Gasteiger partial charge in [-0.25, -0.2) is 0 Å². The average Bonchev–Trinajstić information content (AvgIpc) is 2.99. The quantitative estimate of drug-likeness (QED) is 0.0724. The highest BCUT2D eigenvalue weighted by molar-refractivity contribution is 5.77. The van der Waals surface area contributed by atoms with Crippen molar-refractivity contribution in [3.8, 4) is 0 Å². The first-order valence-corrected chi connectivity index (χ1v) is 16.8. The van der Waals surface area contributed by atoms with Crippen molar-refractivity contribution in [3.05, 3.63) is 0 Å². The maximum absolute atomic E-state index is 12.0. The zero-order valence-corrected chi connectivity index (χ0v) is 27.1. The number of nitrogens with one attached hydrogen (secondary N) is 3. The highest BCUT2D eigenvalue weighted by atomic mass is 19.3. The van der Waals surface area contributed by atoms with Crippen LogP contribution in [-0.4, -0.2) is 81.0 Å². The van der Waals surface area contributed by atoms with Crippen molar-refractivity contribution in [1.82, 2.24) is 16.0 Å². The summed E-state index contributed by atoms with van der Waals surface area (Å²) in [5.74, 6) is -1.03. The summed E-state index contributed by atoms with van der Waals surface area (Å²) in [4.78, 5) is 49.5. The fraction of sp³-hybridized carbons (Fsp3) is 0.875. The van der Waals surface area contributed by atoms with Crippen LogP contribution in [0.5, 0.6) is 0 Å². The van der Waals surface area contributed by atoms with Crippen molar-refractivity contribution in [1.29, 1.82) is 0 Å². The van der Waals surface area contributed by atoms with Gasteiger partial charge in [-0.3, -0.25) is 19.2 Å². The van der Waals surface area contributed by atoms with E-state index in [1.54, 1.807) is 6.92 Å². The van der Waals surface area contributed by atoms with E-state index in [9.17, 15) is 23.7 Å². The second-order valence-electron chi connectivity index (χ2n) is 11.4. The number of unbranched alkanes of at least 4 members (excludes halogenated alkanes) is 13. The molecule has 3 amide bonds.